The lowest BCUT2D eigenvalue weighted by Gasteiger charge is -2.03. The monoisotopic (exact) mass is 418 g/mol. The van der Waals surface area contributed by atoms with Gasteiger partial charge >= 0.3 is 0 Å². The summed E-state index contributed by atoms with van der Waals surface area (Å²) in [5.41, 5.74) is 1.74. The van der Waals surface area contributed by atoms with Crippen molar-refractivity contribution in [3.8, 4) is 5.75 Å². The number of sulfone groups is 1. The largest absolute Gasteiger partial charge is 0.497 e. The van der Waals surface area contributed by atoms with Crippen LogP contribution >= 0.6 is 11.3 Å². The number of rotatable bonds is 6. The second-order valence-electron chi connectivity index (χ2n) is 6.19. The van der Waals surface area contributed by atoms with Gasteiger partial charge in [-0.2, -0.15) is 4.99 Å². The Hall–Kier alpha value is -2.45. The van der Waals surface area contributed by atoms with E-state index in [4.69, 9.17) is 4.74 Å². The maximum atomic E-state index is 12.5. The molecule has 3 rings (SSSR count). The first-order valence-corrected chi connectivity index (χ1v) is 11.4. The number of nitrogens with zero attached hydrogens (tertiary/aromatic N) is 2. The molecule has 0 bridgehead atoms. The second kappa shape index (κ2) is 8.28. The third-order valence-corrected chi connectivity index (χ3v) is 7.24. The molecule has 28 heavy (non-hydrogen) atoms. The molecule has 0 radical (unpaired) electrons. The van der Waals surface area contributed by atoms with E-state index in [1.165, 1.54) is 11.3 Å². The minimum absolute atomic E-state index is 0.0500. The van der Waals surface area contributed by atoms with Gasteiger partial charge in [0.25, 0.3) is 5.91 Å². The molecule has 0 saturated heterocycles. The van der Waals surface area contributed by atoms with Gasteiger partial charge in [0.1, 0.15) is 5.75 Å². The molecule has 0 aliphatic carbocycles. The van der Waals surface area contributed by atoms with Crippen LogP contribution in [0.2, 0.25) is 0 Å². The van der Waals surface area contributed by atoms with Crippen LogP contribution in [0.5, 0.6) is 5.75 Å². The van der Waals surface area contributed by atoms with Gasteiger partial charge in [0.15, 0.2) is 14.6 Å². The standard InChI is InChI=1S/C20H22N2O4S2/c1-4-22-17-11-8-15(26-3)13-18(17)27-20(22)21-19(23)12-14-6-9-16(10-7-14)28(24,25)5-2/h6-11,13H,4-5,12H2,1-3H3. The van der Waals surface area contributed by atoms with Crippen LogP contribution in [0, 0.1) is 0 Å². The Morgan fingerprint density at radius 1 is 1.14 bits per heavy atom. The summed E-state index contributed by atoms with van der Waals surface area (Å²) in [6.07, 6.45) is 0.119. The van der Waals surface area contributed by atoms with E-state index in [9.17, 15) is 13.2 Å². The summed E-state index contributed by atoms with van der Waals surface area (Å²) in [5, 5.41) is 0. The Bertz CT molecular complexity index is 1170. The molecule has 0 N–H and O–H groups in total. The number of benzene rings is 2. The number of ether oxygens (including phenoxy) is 1. The molecule has 0 spiro atoms. The summed E-state index contributed by atoms with van der Waals surface area (Å²) in [6.45, 7) is 4.31. The molecule has 6 nitrogen and oxygen atoms in total. The summed E-state index contributed by atoms with van der Waals surface area (Å²) in [7, 11) is -1.62. The van der Waals surface area contributed by atoms with Gasteiger partial charge in [-0.15, -0.1) is 0 Å². The third-order valence-electron chi connectivity index (χ3n) is 4.44. The minimum Gasteiger partial charge on any atom is -0.497 e. The van der Waals surface area contributed by atoms with E-state index in [2.05, 4.69) is 4.99 Å². The smallest absolute Gasteiger partial charge is 0.252 e. The van der Waals surface area contributed by atoms with E-state index < -0.39 is 9.84 Å². The lowest BCUT2D eigenvalue weighted by Crippen LogP contribution is -2.16. The van der Waals surface area contributed by atoms with Crippen molar-refractivity contribution in [3.05, 3.63) is 52.8 Å². The highest BCUT2D eigenvalue weighted by molar-refractivity contribution is 7.91. The third kappa shape index (κ3) is 4.18. The first-order valence-electron chi connectivity index (χ1n) is 8.94. The van der Waals surface area contributed by atoms with Crippen molar-refractivity contribution >= 4 is 37.3 Å². The van der Waals surface area contributed by atoms with Crippen molar-refractivity contribution in [3.63, 3.8) is 0 Å². The van der Waals surface area contributed by atoms with E-state index >= 15 is 0 Å². The molecule has 1 heterocycles. The molecule has 8 heteroatoms. The average Bonchev–Trinajstić information content (AvgIpc) is 3.03. The molecule has 0 atom stereocenters. The molecule has 2 aromatic carbocycles. The molecule has 1 amide bonds. The Labute approximate surface area is 168 Å². The Kier molecular flexibility index (Phi) is 6.00. The highest BCUT2D eigenvalue weighted by Gasteiger charge is 2.12. The predicted molar refractivity (Wildman–Crippen MR) is 110 cm³/mol. The van der Waals surface area contributed by atoms with Gasteiger partial charge in [0, 0.05) is 6.54 Å². The molecule has 0 aliphatic heterocycles. The fourth-order valence-corrected chi connectivity index (χ4v) is 4.90. The van der Waals surface area contributed by atoms with Crippen molar-refractivity contribution in [1.29, 1.82) is 0 Å². The molecule has 0 unspecified atom stereocenters. The van der Waals surface area contributed by atoms with Gasteiger partial charge in [0.05, 0.1) is 34.4 Å². The molecule has 0 aliphatic rings. The Balaban J connectivity index is 1.88. The number of carbonyl (C=O) groups is 1. The summed E-state index contributed by atoms with van der Waals surface area (Å²) >= 11 is 1.44. The van der Waals surface area contributed by atoms with Crippen molar-refractivity contribution in [2.45, 2.75) is 31.7 Å². The summed E-state index contributed by atoms with van der Waals surface area (Å²) in [6, 6.07) is 12.2. The second-order valence-corrected chi connectivity index (χ2v) is 9.48. The van der Waals surface area contributed by atoms with Gasteiger partial charge in [0.2, 0.25) is 0 Å². The van der Waals surface area contributed by atoms with Gasteiger partial charge in [-0.3, -0.25) is 4.79 Å². The highest BCUT2D eigenvalue weighted by atomic mass is 32.2. The summed E-state index contributed by atoms with van der Waals surface area (Å²) < 4.78 is 32.0. The zero-order valence-electron chi connectivity index (χ0n) is 16.0. The zero-order valence-corrected chi connectivity index (χ0v) is 17.6. The summed E-state index contributed by atoms with van der Waals surface area (Å²) in [4.78, 5) is 17.7. The van der Waals surface area contributed by atoms with Crippen LogP contribution in [0.1, 0.15) is 19.4 Å². The van der Waals surface area contributed by atoms with Crippen molar-refractivity contribution in [2.24, 2.45) is 4.99 Å². The van der Waals surface area contributed by atoms with Crippen molar-refractivity contribution in [1.82, 2.24) is 4.57 Å². The van der Waals surface area contributed by atoms with E-state index in [1.54, 1.807) is 38.3 Å². The number of hydrogen-bond acceptors (Lipinski definition) is 5. The first kappa shape index (κ1) is 20.3. The molecular formula is C20H22N2O4S2. The number of hydrogen-bond donors (Lipinski definition) is 0. The average molecular weight is 419 g/mol. The number of thiazole rings is 1. The van der Waals surface area contributed by atoms with Crippen LogP contribution in [0.25, 0.3) is 10.2 Å². The predicted octanol–water partition coefficient (Wildman–Crippen LogP) is 3.19. The number of amides is 1. The fraction of sp³-hybridized carbons (Fsp3) is 0.300. The van der Waals surface area contributed by atoms with Crippen LogP contribution in [-0.4, -0.2) is 31.8 Å². The number of methoxy groups -OCH3 is 1. The maximum Gasteiger partial charge on any atom is 0.252 e. The topological polar surface area (TPSA) is 77.7 Å². The number of aromatic nitrogens is 1. The minimum atomic E-state index is -3.24. The molecule has 0 fully saturated rings. The van der Waals surface area contributed by atoms with E-state index in [0.717, 1.165) is 21.5 Å². The van der Waals surface area contributed by atoms with Gasteiger partial charge in [-0.1, -0.05) is 30.4 Å². The van der Waals surface area contributed by atoms with Crippen LogP contribution in [0.15, 0.2) is 52.4 Å². The fourth-order valence-electron chi connectivity index (χ4n) is 2.87. The molecular weight excluding hydrogens is 396 g/mol. The van der Waals surface area contributed by atoms with E-state index in [0.29, 0.717) is 11.3 Å². The Morgan fingerprint density at radius 2 is 1.86 bits per heavy atom. The van der Waals surface area contributed by atoms with Crippen LogP contribution in [0.4, 0.5) is 0 Å². The SMILES string of the molecule is CCn1c(=NC(=O)Cc2ccc(S(=O)(=O)CC)cc2)sc2cc(OC)ccc21. The number of aryl methyl sites for hydroxylation is 1. The lowest BCUT2D eigenvalue weighted by molar-refractivity contribution is -0.117. The van der Waals surface area contributed by atoms with E-state index in [-0.39, 0.29) is 23.0 Å². The number of carbonyl (C=O) groups excluding carboxylic acids is 1. The zero-order chi connectivity index (χ0) is 20.3. The van der Waals surface area contributed by atoms with Gasteiger partial charge < -0.3 is 9.30 Å². The van der Waals surface area contributed by atoms with Crippen LogP contribution in [-0.2, 0) is 27.6 Å². The van der Waals surface area contributed by atoms with Crippen LogP contribution in [0.3, 0.4) is 0 Å². The quantitative estimate of drug-likeness (QED) is 0.616. The highest BCUT2D eigenvalue weighted by Crippen LogP contribution is 2.23. The molecule has 0 saturated carbocycles. The Morgan fingerprint density at radius 3 is 2.46 bits per heavy atom. The maximum absolute atomic E-state index is 12.5. The van der Waals surface area contributed by atoms with Gasteiger partial charge in [-0.05, 0) is 42.8 Å². The molecule has 1 aromatic heterocycles. The van der Waals surface area contributed by atoms with Crippen molar-refractivity contribution in [2.75, 3.05) is 12.9 Å². The van der Waals surface area contributed by atoms with Crippen LogP contribution < -0.4 is 9.54 Å². The lowest BCUT2D eigenvalue weighted by atomic mass is 10.1. The van der Waals surface area contributed by atoms with Gasteiger partial charge in [-0.25, -0.2) is 8.42 Å². The normalized spacial score (nSPS) is 12.5. The van der Waals surface area contributed by atoms with Crippen molar-refractivity contribution < 1.29 is 17.9 Å². The molecule has 3 aromatic rings. The summed E-state index contributed by atoms with van der Waals surface area (Å²) in [5.74, 6) is 0.540. The number of fused-ring (bicyclic) bond motifs is 1. The molecule has 148 valence electrons. The van der Waals surface area contributed by atoms with E-state index in [1.807, 2.05) is 29.7 Å². The first-order chi connectivity index (χ1) is 13.4.